The Morgan fingerprint density at radius 3 is 0.821 bits per heavy atom. The minimum Gasteiger partial charge on any atom is -0.462 e. The summed E-state index contributed by atoms with van der Waals surface area (Å²) in [6.07, 6.45) is 85.5. The predicted octanol–water partition coefficient (Wildman–Crippen LogP) is 23.5. The van der Waals surface area contributed by atoms with Crippen LogP contribution in [0, 0.1) is 0 Å². The molecule has 0 fully saturated rings. The van der Waals surface area contributed by atoms with E-state index in [0.29, 0.717) is 19.3 Å². The van der Waals surface area contributed by atoms with Gasteiger partial charge in [0.25, 0.3) is 0 Å². The zero-order valence-electron chi connectivity index (χ0n) is 52.2. The molecule has 0 rings (SSSR count). The van der Waals surface area contributed by atoms with Gasteiger partial charge in [0, 0.05) is 19.3 Å². The summed E-state index contributed by atoms with van der Waals surface area (Å²) in [4.78, 5) is 38.3. The summed E-state index contributed by atoms with van der Waals surface area (Å²) in [5.74, 6) is -0.897. The maximum Gasteiger partial charge on any atom is 0.306 e. The number of ether oxygens (including phenoxy) is 3. The lowest BCUT2D eigenvalue weighted by Gasteiger charge is -2.18. The van der Waals surface area contributed by atoms with E-state index < -0.39 is 6.10 Å². The van der Waals surface area contributed by atoms with E-state index in [2.05, 4.69) is 81.5 Å². The van der Waals surface area contributed by atoms with Gasteiger partial charge in [0.1, 0.15) is 13.2 Å². The van der Waals surface area contributed by atoms with Crippen LogP contribution in [0.1, 0.15) is 361 Å². The maximum absolute atomic E-state index is 12.9. The van der Waals surface area contributed by atoms with E-state index in [1.54, 1.807) is 0 Å². The summed E-state index contributed by atoms with van der Waals surface area (Å²) in [6.45, 7) is 6.51. The lowest BCUT2D eigenvalue weighted by atomic mass is 10.0. The zero-order valence-corrected chi connectivity index (χ0v) is 52.2. The van der Waals surface area contributed by atoms with Crippen LogP contribution >= 0.6 is 0 Å². The number of hydrogen-bond donors (Lipinski definition) is 0. The Morgan fingerprint density at radius 1 is 0.269 bits per heavy atom. The van der Waals surface area contributed by atoms with E-state index in [1.807, 2.05) is 0 Å². The summed E-state index contributed by atoms with van der Waals surface area (Å²) in [5, 5.41) is 0. The highest BCUT2D eigenvalue weighted by Crippen LogP contribution is 2.18. The Balaban J connectivity index is 4.15. The molecule has 78 heavy (non-hydrogen) atoms. The van der Waals surface area contributed by atoms with Crippen molar-refractivity contribution >= 4 is 17.9 Å². The van der Waals surface area contributed by atoms with E-state index in [-0.39, 0.29) is 31.1 Å². The topological polar surface area (TPSA) is 78.9 Å². The van der Waals surface area contributed by atoms with Crippen LogP contribution < -0.4 is 0 Å². The second-order valence-corrected chi connectivity index (χ2v) is 23.1. The van der Waals surface area contributed by atoms with Crippen molar-refractivity contribution in [3.63, 3.8) is 0 Å². The highest BCUT2D eigenvalue weighted by atomic mass is 16.6. The van der Waals surface area contributed by atoms with E-state index in [0.717, 1.165) is 116 Å². The monoisotopic (exact) mass is 1090 g/mol. The Labute approximate surface area is 485 Å². The molecule has 1 atom stereocenters. The van der Waals surface area contributed by atoms with E-state index in [9.17, 15) is 14.4 Å². The molecule has 0 aliphatic heterocycles. The molecule has 1 unspecified atom stereocenters. The summed E-state index contributed by atoms with van der Waals surface area (Å²) < 4.78 is 16.9. The number of carbonyl (C=O) groups excluding carboxylic acids is 3. The lowest BCUT2D eigenvalue weighted by molar-refractivity contribution is -0.167. The second kappa shape index (κ2) is 66.6. The van der Waals surface area contributed by atoms with Crippen molar-refractivity contribution in [3.05, 3.63) is 60.8 Å². The lowest BCUT2D eigenvalue weighted by Crippen LogP contribution is -2.30. The van der Waals surface area contributed by atoms with Gasteiger partial charge in [-0.25, -0.2) is 0 Å². The fraction of sp³-hybridized carbons (Fsp3) is 0.819. The van der Waals surface area contributed by atoms with Gasteiger partial charge >= 0.3 is 17.9 Å². The number of allylic oxidation sites excluding steroid dienone is 10. The molecule has 6 nitrogen and oxygen atoms in total. The second-order valence-electron chi connectivity index (χ2n) is 23.1. The van der Waals surface area contributed by atoms with Crippen molar-refractivity contribution in [1.82, 2.24) is 0 Å². The largest absolute Gasteiger partial charge is 0.462 e. The van der Waals surface area contributed by atoms with Crippen molar-refractivity contribution < 1.29 is 28.6 Å². The molecule has 0 aromatic carbocycles. The van der Waals surface area contributed by atoms with Crippen LogP contribution in [0.4, 0.5) is 0 Å². The number of unbranched alkanes of at least 4 members (excludes halogenated alkanes) is 42. The van der Waals surface area contributed by atoms with Crippen LogP contribution in [0.2, 0.25) is 0 Å². The molecule has 6 heteroatoms. The molecular weight excluding hydrogens is 961 g/mol. The molecule has 0 aliphatic rings. The maximum atomic E-state index is 12.9. The minimum atomic E-state index is -0.789. The first kappa shape index (κ1) is 75.1. The number of carbonyl (C=O) groups is 3. The molecule has 0 saturated carbocycles. The highest BCUT2D eigenvalue weighted by molar-refractivity contribution is 5.71. The number of rotatable bonds is 63. The Bertz CT molecular complexity index is 1390. The normalized spacial score (nSPS) is 12.4. The SMILES string of the molecule is CC/C=C\C/C=C\C/C=C\CCCCCCCC(=O)OC(COC(=O)CCCCCCC/C=C\C/C=C\CCCC)COC(=O)CCCCCCCCCCCCCCCCCCCCCCCCCCCCCCCCC. The van der Waals surface area contributed by atoms with Gasteiger partial charge in [-0.2, -0.15) is 0 Å². The van der Waals surface area contributed by atoms with Gasteiger partial charge in [-0.1, -0.05) is 326 Å². The average Bonchev–Trinajstić information content (AvgIpc) is 3.44. The molecule has 0 radical (unpaired) electrons. The molecule has 0 spiro atoms. The molecule has 0 N–H and O–H groups in total. The van der Waals surface area contributed by atoms with Crippen LogP contribution in [-0.4, -0.2) is 37.2 Å². The third-order valence-electron chi connectivity index (χ3n) is 15.3. The summed E-state index contributed by atoms with van der Waals surface area (Å²) >= 11 is 0. The van der Waals surface area contributed by atoms with Crippen molar-refractivity contribution in [2.75, 3.05) is 13.2 Å². The van der Waals surface area contributed by atoms with E-state index in [1.165, 1.54) is 205 Å². The Kier molecular flexibility index (Phi) is 64.2. The van der Waals surface area contributed by atoms with Crippen molar-refractivity contribution in [1.29, 1.82) is 0 Å². The van der Waals surface area contributed by atoms with Crippen molar-refractivity contribution in [3.8, 4) is 0 Å². The third-order valence-corrected chi connectivity index (χ3v) is 15.3. The first-order valence-corrected chi connectivity index (χ1v) is 34.3. The standard InChI is InChI=1S/C72H130O6/c1-4-7-10-13-16-19-22-25-28-29-30-31-32-33-34-35-36-37-38-39-40-41-42-43-45-47-50-53-56-59-62-65-71(74)77-68-69(67-76-70(73)64-61-58-55-52-49-46-27-24-21-18-15-12-9-6-3)78-72(75)66-63-60-57-54-51-48-44-26-23-20-17-14-11-8-5-2/h8,11,15,17-18,20,24,26-27,44,69H,4-7,9-10,12-14,16,19,21-23,25,28-43,45-68H2,1-3H3/b11-8-,18-15-,20-17-,27-24-,44-26-. The van der Waals surface area contributed by atoms with Crippen molar-refractivity contribution in [2.45, 2.75) is 367 Å². The molecular formula is C72H130O6. The van der Waals surface area contributed by atoms with Gasteiger partial charge in [-0.15, -0.1) is 0 Å². The van der Waals surface area contributed by atoms with Crippen LogP contribution in [-0.2, 0) is 28.6 Å². The third kappa shape index (κ3) is 63.9. The van der Waals surface area contributed by atoms with Crippen LogP contribution in [0.15, 0.2) is 60.8 Å². The van der Waals surface area contributed by atoms with Gasteiger partial charge in [-0.3, -0.25) is 14.4 Å². The molecule has 0 aliphatic carbocycles. The van der Waals surface area contributed by atoms with Crippen LogP contribution in [0.25, 0.3) is 0 Å². The van der Waals surface area contributed by atoms with E-state index in [4.69, 9.17) is 14.2 Å². The summed E-state index contributed by atoms with van der Waals surface area (Å²) in [6, 6.07) is 0. The Hall–Kier alpha value is -2.89. The van der Waals surface area contributed by atoms with Crippen LogP contribution in [0.3, 0.4) is 0 Å². The molecule has 0 saturated heterocycles. The average molecular weight is 1090 g/mol. The first-order chi connectivity index (χ1) is 38.5. The van der Waals surface area contributed by atoms with Gasteiger partial charge in [0.15, 0.2) is 6.10 Å². The fourth-order valence-electron chi connectivity index (χ4n) is 10.1. The first-order valence-electron chi connectivity index (χ1n) is 34.3. The van der Waals surface area contributed by atoms with Crippen LogP contribution in [0.5, 0.6) is 0 Å². The molecule has 0 aromatic rings. The van der Waals surface area contributed by atoms with Crippen molar-refractivity contribution in [2.24, 2.45) is 0 Å². The smallest absolute Gasteiger partial charge is 0.306 e. The fourth-order valence-corrected chi connectivity index (χ4v) is 10.1. The summed E-state index contributed by atoms with van der Waals surface area (Å²) in [5.41, 5.74) is 0. The highest BCUT2D eigenvalue weighted by Gasteiger charge is 2.19. The molecule has 0 aromatic heterocycles. The molecule has 0 amide bonds. The molecule has 454 valence electrons. The predicted molar refractivity (Wildman–Crippen MR) is 339 cm³/mol. The Morgan fingerprint density at radius 2 is 0.513 bits per heavy atom. The summed E-state index contributed by atoms with van der Waals surface area (Å²) in [7, 11) is 0. The van der Waals surface area contributed by atoms with Gasteiger partial charge in [0.05, 0.1) is 0 Å². The molecule has 0 heterocycles. The zero-order chi connectivity index (χ0) is 56.4. The quantitative estimate of drug-likeness (QED) is 0.0261. The number of hydrogen-bond acceptors (Lipinski definition) is 6. The van der Waals surface area contributed by atoms with E-state index >= 15 is 0 Å². The minimum absolute atomic E-state index is 0.0831. The van der Waals surface area contributed by atoms with Gasteiger partial charge in [0.2, 0.25) is 0 Å². The van der Waals surface area contributed by atoms with Gasteiger partial charge < -0.3 is 14.2 Å². The molecule has 0 bridgehead atoms. The van der Waals surface area contributed by atoms with Gasteiger partial charge in [-0.05, 0) is 77.0 Å². The number of esters is 3.